The predicted molar refractivity (Wildman–Crippen MR) is 66.0 cm³/mol. The molecule has 2 heteroatoms. The summed E-state index contributed by atoms with van der Waals surface area (Å²) in [6.45, 7) is 5.68. The number of benzene rings is 1. The molecule has 0 aliphatic rings. The van der Waals surface area contributed by atoms with E-state index in [0.29, 0.717) is 0 Å². The molecule has 1 aromatic rings. The first-order valence-corrected chi connectivity index (χ1v) is 5.03. The van der Waals surface area contributed by atoms with E-state index in [1.165, 1.54) is 0 Å². The van der Waals surface area contributed by atoms with Gasteiger partial charge >= 0.3 is 0 Å². The Labute approximate surface area is 91.7 Å². The third-order valence-corrected chi connectivity index (χ3v) is 2.34. The first kappa shape index (κ1) is 11.5. The summed E-state index contributed by atoms with van der Waals surface area (Å²) >= 11 is 0. The van der Waals surface area contributed by atoms with Gasteiger partial charge in [-0.3, -0.25) is 0 Å². The highest BCUT2D eigenvalue weighted by atomic mass is 15.2. The number of nitrogens with zero attached hydrogens (tertiary/aromatic N) is 1. The van der Waals surface area contributed by atoms with Crippen molar-refractivity contribution in [3.8, 4) is 0 Å². The second-order valence-corrected chi connectivity index (χ2v) is 3.51. The summed E-state index contributed by atoms with van der Waals surface area (Å²) < 4.78 is 0. The minimum Gasteiger partial charge on any atom is -0.359 e. The fourth-order valence-electron chi connectivity index (χ4n) is 1.36. The van der Waals surface area contributed by atoms with Gasteiger partial charge in [0.15, 0.2) is 0 Å². The number of nitrogens with two attached hydrogens (primary N) is 1. The van der Waals surface area contributed by atoms with Crippen LogP contribution >= 0.6 is 0 Å². The quantitative estimate of drug-likeness (QED) is 0.600. The molecule has 0 aliphatic heterocycles. The van der Waals surface area contributed by atoms with Crippen molar-refractivity contribution in [1.82, 2.24) is 4.90 Å². The zero-order valence-corrected chi connectivity index (χ0v) is 9.35. The van der Waals surface area contributed by atoms with Gasteiger partial charge in [0.2, 0.25) is 0 Å². The highest BCUT2D eigenvalue weighted by Gasteiger charge is 2.09. The summed E-state index contributed by atoms with van der Waals surface area (Å²) in [6.07, 6.45) is 3.73. The Morgan fingerprint density at radius 1 is 1.40 bits per heavy atom. The fourth-order valence-corrected chi connectivity index (χ4v) is 1.36. The number of allylic oxidation sites excluding steroid dienone is 2. The van der Waals surface area contributed by atoms with Crippen molar-refractivity contribution in [2.45, 2.75) is 13.1 Å². The van der Waals surface area contributed by atoms with Crippen molar-refractivity contribution in [3.63, 3.8) is 0 Å². The third kappa shape index (κ3) is 2.96. The summed E-state index contributed by atoms with van der Waals surface area (Å²) in [5.41, 5.74) is 8.09. The normalized spacial score (nSPS) is 13.4. The van der Waals surface area contributed by atoms with E-state index in [2.05, 4.69) is 18.7 Å². The Morgan fingerprint density at radius 3 is 2.47 bits per heavy atom. The second kappa shape index (κ2) is 5.37. The molecule has 1 aromatic carbocycles. The Bertz CT molecular complexity index is 339. The molecule has 80 valence electrons. The smallest absolute Gasteiger partial charge is 0.0739 e. The van der Waals surface area contributed by atoms with Crippen molar-refractivity contribution in [3.05, 3.63) is 54.6 Å². The van der Waals surface area contributed by atoms with Crippen LogP contribution in [-0.4, -0.2) is 18.1 Å². The molecule has 0 amide bonds. The molecular formula is C13H18N2. The highest BCUT2D eigenvalue weighted by molar-refractivity contribution is 5.65. The molecule has 0 saturated heterocycles. The maximum Gasteiger partial charge on any atom is 0.0739 e. The minimum atomic E-state index is -0.0172. The van der Waals surface area contributed by atoms with Gasteiger partial charge in [0.1, 0.15) is 0 Å². The van der Waals surface area contributed by atoms with E-state index in [9.17, 15) is 0 Å². The Morgan fingerprint density at radius 2 is 2.00 bits per heavy atom. The lowest BCUT2D eigenvalue weighted by atomic mass is 10.1. The van der Waals surface area contributed by atoms with Crippen molar-refractivity contribution in [2.24, 2.45) is 5.73 Å². The fraction of sp³-hybridized carbons (Fsp3) is 0.231. The van der Waals surface area contributed by atoms with Gasteiger partial charge in [-0.15, -0.1) is 0 Å². The van der Waals surface area contributed by atoms with E-state index in [0.717, 1.165) is 11.3 Å². The van der Waals surface area contributed by atoms with Crippen LogP contribution in [0.1, 0.15) is 12.5 Å². The molecular weight excluding hydrogens is 184 g/mol. The average molecular weight is 202 g/mol. The van der Waals surface area contributed by atoms with E-state index in [4.69, 9.17) is 5.73 Å². The first-order valence-electron chi connectivity index (χ1n) is 5.03. The van der Waals surface area contributed by atoms with E-state index >= 15 is 0 Å². The molecule has 0 spiro atoms. The van der Waals surface area contributed by atoms with E-state index in [1.54, 1.807) is 6.08 Å². The number of hydrogen-bond acceptors (Lipinski definition) is 2. The molecule has 0 aromatic heterocycles. The van der Waals surface area contributed by atoms with Crippen LogP contribution in [0.3, 0.4) is 0 Å². The second-order valence-electron chi connectivity index (χ2n) is 3.51. The summed E-state index contributed by atoms with van der Waals surface area (Å²) in [7, 11) is 1.98. The third-order valence-electron chi connectivity index (χ3n) is 2.34. The molecule has 0 fully saturated rings. The lowest BCUT2D eigenvalue weighted by Gasteiger charge is -2.26. The van der Waals surface area contributed by atoms with E-state index < -0.39 is 0 Å². The highest BCUT2D eigenvalue weighted by Crippen LogP contribution is 2.18. The lowest BCUT2D eigenvalue weighted by molar-refractivity contribution is 0.381. The SMILES string of the molecule is C=C/C=C(/c1ccccc1)N(C)C(C)N. The van der Waals surface area contributed by atoms with Gasteiger partial charge in [0.05, 0.1) is 6.17 Å². The van der Waals surface area contributed by atoms with Crippen LogP contribution in [0.5, 0.6) is 0 Å². The average Bonchev–Trinajstić information content (AvgIpc) is 2.26. The molecule has 2 N–H and O–H groups in total. The molecule has 2 nitrogen and oxygen atoms in total. The molecule has 0 bridgehead atoms. The largest absolute Gasteiger partial charge is 0.359 e. The predicted octanol–water partition coefficient (Wildman–Crippen LogP) is 2.45. The zero-order chi connectivity index (χ0) is 11.3. The Balaban J connectivity index is 3.04. The Hall–Kier alpha value is -1.54. The Kier molecular flexibility index (Phi) is 4.13. The molecule has 15 heavy (non-hydrogen) atoms. The molecule has 0 saturated carbocycles. The summed E-state index contributed by atoms with van der Waals surface area (Å²) in [4.78, 5) is 2.02. The van der Waals surface area contributed by atoms with Crippen LogP contribution < -0.4 is 5.73 Å². The van der Waals surface area contributed by atoms with Gasteiger partial charge in [0.25, 0.3) is 0 Å². The summed E-state index contributed by atoms with van der Waals surface area (Å²) in [5.74, 6) is 0. The van der Waals surface area contributed by atoms with E-state index in [-0.39, 0.29) is 6.17 Å². The van der Waals surface area contributed by atoms with E-state index in [1.807, 2.05) is 43.1 Å². The van der Waals surface area contributed by atoms with Crippen LogP contribution in [0.4, 0.5) is 0 Å². The van der Waals surface area contributed by atoms with Crippen molar-refractivity contribution in [2.75, 3.05) is 7.05 Å². The van der Waals surface area contributed by atoms with Crippen LogP contribution in [0, 0.1) is 0 Å². The summed E-state index contributed by atoms with van der Waals surface area (Å²) in [6, 6.07) is 10.2. The molecule has 0 aliphatic carbocycles. The van der Waals surface area contributed by atoms with Crippen LogP contribution in [0.25, 0.3) is 5.70 Å². The van der Waals surface area contributed by atoms with Crippen molar-refractivity contribution < 1.29 is 0 Å². The van der Waals surface area contributed by atoms with Gasteiger partial charge in [0, 0.05) is 12.7 Å². The van der Waals surface area contributed by atoms with Crippen LogP contribution in [0.15, 0.2) is 49.1 Å². The van der Waals surface area contributed by atoms with Gasteiger partial charge in [-0.2, -0.15) is 0 Å². The molecule has 1 unspecified atom stereocenters. The molecule has 1 atom stereocenters. The molecule has 0 heterocycles. The standard InChI is InChI=1S/C13H18N2/c1-4-8-13(15(3)11(2)14)12-9-6-5-7-10-12/h4-11H,1,14H2,2-3H3/b13-8-. The topological polar surface area (TPSA) is 29.3 Å². The minimum absolute atomic E-state index is 0.0172. The zero-order valence-electron chi connectivity index (χ0n) is 9.35. The maximum atomic E-state index is 5.86. The van der Waals surface area contributed by atoms with Gasteiger partial charge in [-0.05, 0) is 18.6 Å². The van der Waals surface area contributed by atoms with Crippen LogP contribution in [-0.2, 0) is 0 Å². The van der Waals surface area contributed by atoms with Gasteiger partial charge in [-0.1, -0.05) is 43.0 Å². The molecule has 1 rings (SSSR count). The molecule has 0 radical (unpaired) electrons. The maximum absolute atomic E-state index is 5.86. The lowest BCUT2D eigenvalue weighted by Crippen LogP contribution is -2.34. The number of hydrogen-bond donors (Lipinski definition) is 1. The van der Waals surface area contributed by atoms with Crippen molar-refractivity contribution >= 4 is 5.70 Å². The van der Waals surface area contributed by atoms with Gasteiger partial charge in [-0.25, -0.2) is 0 Å². The monoisotopic (exact) mass is 202 g/mol. The van der Waals surface area contributed by atoms with Crippen molar-refractivity contribution in [1.29, 1.82) is 0 Å². The summed E-state index contributed by atoms with van der Waals surface area (Å²) in [5, 5.41) is 0. The number of rotatable bonds is 4. The first-order chi connectivity index (χ1) is 7.16. The van der Waals surface area contributed by atoms with Crippen LogP contribution in [0.2, 0.25) is 0 Å². The van der Waals surface area contributed by atoms with Gasteiger partial charge < -0.3 is 10.6 Å².